The van der Waals surface area contributed by atoms with Crippen molar-refractivity contribution in [1.29, 1.82) is 0 Å². The molecule has 2 heterocycles. The van der Waals surface area contributed by atoms with E-state index in [4.69, 9.17) is 4.74 Å². The number of rotatable bonds is 0. The van der Waals surface area contributed by atoms with Crippen molar-refractivity contribution in [3.8, 4) is 0 Å². The van der Waals surface area contributed by atoms with E-state index in [0.717, 1.165) is 5.76 Å². The van der Waals surface area contributed by atoms with E-state index in [2.05, 4.69) is 41.7 Å². The molecule has 1 aromatic carbocycles. The zero-order valence-corrected chi connectivity index (χ0v) is 9.18. The Hall–Kier alpha value is -2.22. The molecule has 1 N–H and O–H groups in total. The van der Waals surface area contributed by atoms with Gasteiger partial charge in [0.2, 0.25) is 0 Å². The predicted octanol–water partition coefficient (Wildman–Crippen LogP) is 3.23. The van der Waals surface area contributed by atoms with Gasteiger partial charge >= 0.3 is 0 Å². The first-order valence-corrected chi connectivity index (χ1v) is 5.75. The van der Waals surface area contributed by atoms with Gasteiger partial charge in [-0.3, -0.25) is 0 Å². The molecule has 1 atom stereocenters. The van der Waals surface area contributed by atoms with Gasteiger partial charge in [-0.15, -0.1) is 0 Å². The fourth-order valence-electron chi connectivity index (χ4n) is 2.63. The molecule has 2 aliphatic heterocycles. The minimum atomic E-state index is 0.234. The standard InChI is InChI=1S/C15H11NO/c1-2-6-13-10(4-1)11-7-8-14-12(15(11)16-13)5-3-9-17-14/h1-9,15-16H. The number of benzene rings is 1. The van der Waals surface area contributed by atoms with Gasteiger partial charge in [-0.1, -0.05) is 24.3 Å². The minimum Gasteiger partial charge on any atom is -0.465 e. The average Bonchev–Trinajstić information content (AvgIpc) is 2.78. The maximum Gasteiger partial charge on any atom is 0.132 e. The van der Waals surface area contributed by atoms with Crippen molar-refractivity contribution in [2.75, 3.05) is 5.32 Å². The Morgan fingerprint density at radius 3 is 2.94 bits per heavy atom. The minimum absolute atomic E-state index is 0.234. The Bertz CT molecular complexity index is 620. The lowest BCUT2D eigenvalue weighted by molar-refractivity contribution is 0.353. The van der Waals surface area contributed by atoms with Crippen LogP contribution in [0.3, 0.4) is 0 Å². The number of para-hydroxylation sites is 1. The number of allylic oxidation sites excluding steroid dienone is 4. The van der Waals surface area contributed by atoms with E-state index in [9.17, 15) is 0 Å². The van der Waals surface area contributed by atoms with Crippen molar-refractivity contribution in [3.05, 3.63) is 71.7 Å². The summed E-state index contributed by atoms with van der Waals surface area (Å²) in [7, 11) is 0. The molecular formula is C15H11NO. The van der Waals surface area contributed by atoms with E-state index in [1.807, 2.05) is 12.2 Å². The molecule has 1 unspecified atom stereocenters. The Kier molecular flexibility index (Phi) is 1.64. The van der Waals surface area contributed by atoms with Crippen molar-refractivity contribution >= 4 is 11.3 Å². The van der Waals surface area contributed by atoms with Crippen LogP contribution in [0.2, 0.25) is 0 Å². The first-order valence-electron chi connectivity index (χ1n) is 5.75. The van der Waals surface area contributed by atoms with Gasteiger partial charge in [0.1, 0.15) is 5.76 Å². The molecule has 17 heavy (non-hydrogen) atoms. The largest absolute Gasteiger partial charge is 0.465 e. The van der Waals surface area contributed by atoms with Crippen molar-refractivity contribution in [2.45, 2.75) is 6.04 Å². The second-order valence-electron chi connectivity index (χ2n) is 4.34. The summed E-state index contributed by atoms with van der Waals surface area (Å²) in [5.41, 5.74) is 5.04. The van der Waals surface area contributed by atoms with E-state index < -0.39 is 0 Å². The number of ether oxygens (including phenoxy) is 1. The number of nitrogens with one attached hydrogen (secondary N) is 1. The molecule has 1 aromatic rings. The SMILES string of the molecule is C1=COC2=CC=C3c4ccccc4NC3C2=C1. The summed E-state index contributed by atoms with van der Waals surface area (Å²) in [6, 6.07) is 8.65. The summed E-state index contributed by atoms with van der Waals surface area (Å²) >= 11 is 0. The lowest BCUT2D eigenvalue weighted by atomic mass is 9.90. The van der Waals surface area contributed by atoms with Gasteiger partial charge in [-0.25, -0.2) is 0 Å². The van der Waals surface area contributed by atoms with Crippen LogP contribution >= 0.6 is 0 Å². The van der Waals surface area contributed by atoms with Crippen LogP contribution in [0.5, 0.6) is 0 Å². The third kappa shape index (κ3) is 1.15. The Labute approximate surface area is 99.6 Å². The molecule has 82 valence electrons. The molecule has 0 bridgehead atoms. The zero-order valence-electron chi connectivity index (χ0n) is 9.18. The van der Waals surface area contributed by atoms with E-state index >= 15 is 0 Å². The fraction of sp³-hybridized carbons (Fsp3) is 0.0667. The molecular weight excluding hydrogens is 210 g/mol. The molecule has 0 saturated carbocycles. The van der Waals surface area contributed by atoms with Crippen LogP contribution in [0.25, 0.3) is 5.57 Å². The summed E-state index contributed by atoms with van der Waals surface area (Å²) in [5, 5.41) is 3.54. The monoisotopic (exact) mass is 221 g/mol. The summed E-state index contributed by atoms with van der Waals surface area (Å²) in [6.45, 7) is 0. The van der Waals surface area contributed by atoms with Crippen LogP contribution in [-0.2, 0) is 4.74 Å². The van der Waals surface area contributed by atoms with Crippen LogP contribution in [0, 0.1) is 0 Å². The summed E-state index contributed by atoms with van der Waals surface area (Å²) in [4.78, 5) is 0. The molecule has 1 aliphatic carbocycles. The van der Waals surface area contributed by atoms with Gasteiger partial charge in [0.25, 0.3) is 0 Å². The summed E-state index contributed by atoms with van der Waals surface area (Å²) < 4.78 is 5.52. The smallest absolute Gasteiger partial charge is 0.132 e. The van der Waals surface area contributed by atoms with Gasteiger partial charge < -0.3 is 10.1 Å². The first kappa shape index (κ1) is 8.88. The molecule has 3 aliphatic rings. The fourth-order valence-corrected chi connectivity index (χ4v) is 2.63. The molecule has 0 spiro atoms. The Balaban J connectivity index is 1.90. The van der Waals surface area contributed by atoms with Gasteiger partial charge in [0.05, 0.1) is 12.3 Å². The van der Waals surface area contributed by atoms with Crippen LogP contribution in [0.15, 0.2) is 66.2 Å². The third-order valence-electron chi connectivity index (χ3n) is 3.41. The van der Waals surface area contributed by atoms with Crippen LogP contribution in [0.1, 0.15) is 5.56 Å². The molecule has 0 saturated heterocycles. The highest BCUT2D eigenvalue weighted by molar-refractivity contribution is 5.91. The second-order valence-corrected chi connectivity index (χ2v) is 4.34. The first-order chi connectivity index (χ1) is 8.43. The average molecular weight is 221 g/mol. The second kappa shape index (κ2) is 3.14. The lowest BCUT2D eigenvalue weighted by Gasteiger charge is -2.24. The maximum absolute atomic E-state index is 5.52. The van der Waals surface area contributed by atoms with Gasteiger partial charge in [-0.2, -0.15) is 0 Å². The van der Waals surface area contributed by atoms with E-state index in [1.54, 1.807) is 6.26 Å². The molecule has 4 rings (SSSR count). The van der Waals surface area contributed by atoms with Gasteiger partial charge in [0, 0.05) is 16.8 Å². The van der Waals surface area contributed by atoms with Crippen molar-refractivity contribution in [2.24, 2.45) is 0 Å². The van der Waals surface area contributed by atoms with Gasteiger partial charge in [0.15, 0.2) is 0 Å². The maximum atomic E-state index is 5.52. The van der Waals surface area contributed by atoms with E-state index in [0.29, 0.717) is 0 Å². The Morgan fingerprint density at radius 2 is 1.94 bits per heavy atom. The van der Waals surface area contributed by atoms with Crippen molar-refractivity contribution in [1.82, 2.24) is 0 Å². The lowest BCUT2D eigenvalue weighted by Crippen LogP contribution is -2.22. The third-order valence-corrected chi connectivity index (χ3v) is 3.41. The molecule has 2 heteroatoms. The van der Waals surface area contributed by atoms with E-state index in [1.165, 1.54) is 22.4 Å². The number of anilines is 1. The van der Waals surface area contributed by atoms with Crippen molar-refractivity contribution in [3.63, 3.8) is 0 Å². The number of hydrogen-bond donors (Lipinski definition) is 1. The van der Waals surface area contributed by atoms with Crippen LogP contribution in [-0.4, -0.2) is 6.04 Å². The highest BCUT2D eigenvalue weighted by Crippen LogP contribution is 2.42. The van der Waals surface area contributed by atoms with Gasteiger partial charge in [-0.05, 0) is 29.9 Å². The molecule has 0 aromatic heterocycles. The number of fused-ring (bicyclic) bond motifs is 5. The van der Waals surface area contributed by atoms with Crippen LogP contribution in [0.4, 0.5) is 5.69 Å². The quantitative estimate of drug-likeness (QED) is 0.726. The molecule has 0 radical (unpaired) electrons. The van der Waals surface area contributed by atoms with Crippen molar-refractivity contribution < 1.29 is 4.74 Å². The summed E-state index contributed by atoms with van der Waals surface area (Å²) in [5.74, 6) is 0.946. The molecule has 2 nitrogen and oxygen atoms in total. The normalized spacial score (nSPS) is 23.3. The van der Waals surface area contributed by atoms with E-state index in [-0.39, 0.29) is 6.04 Å². The predicted molar refractivity (Wildman–Crippen MR) is 68.2 cm³/mol. The highest BCUT2D eigenvalue weighted by Gasteiger charge is 2.33. The Morgan fingerprint density at radius 1 is 1.00 bits per heavy atom. The molecule has 0 amide bonds. The molecule has 0 fully saturated rings. The highest BCUT2D eigenvalue weighted by atomic mass is 16.5. The topological polar surface area (TPSA) is 21.3 Å². The summed E-state index contributed by atoms with van der Waals surface area (Å²) in [6.07, 6.45) is 9.97. The van der Waals surface area contributed by atoms with Crippen LogP contribution < -0.4 is 5.32 Å². The number of hydrogen-bond acceptors (Lipinski definition) is 2. The zero-order chi connectivity index (χ0) is 11.2.